The zero-order valence-corrected chi connectivity index (χ0v) is 15.3. The van der Waals surface area contributed by atoms with Crippen LogP contribution in [0.5, 0.6) is 5.75 Å². The Hall–Kier alpha value is -2.37. The van der Waals surface area contributed by atoms with E-state index in [1.165, 1.54) is 0 Å². The number of rotatable bonds is 6. The minimum atomic E-state index is -0.763. The summed E-state index contributed by atoms with van der Waals surface area (Å²) in [6, 6.07) is 16.1. The number of primary amides is 1. The van der Waals surface area contributed by atoms with E-state index in [2.05, 4.69) is 16.3 Å². The molecule has 2 aromatic carbocycles. The lowest BCUT2D eigenvalue weighted by Crippen LogP contribution is -2.37. The highest BCUT2D eigenvalue weighted by atomic mass is 16.5. The van der Waals surface area contributed by atoms with Crippen LogP contribution < -0.4 is 15.8 Å². The number of benzene rings is 2. The molecular formula is C21H27N3O2. The van der Waals surface area contributed by atoms with Crippen molar-refractivity contribution < 1.29 is 9.53 Å². The Morgan fingerprint density at radius 3 is 2.54 bits per heavy atom. The van der Waals surface area contributed by atoms with E-state index in [0.717, 1.165) is 55.7 Å². The summed E-state index contributed by atoms with van der Waals surface area (Å²) >= 11 is 0. The number of carbonyl (C=O) groups excluding carboxylic acids is 1. The van der Waals surface area contributed by atoms with Crippen LogP contribution in [0.25, 0.3) is 11.1 Å². The van der Waals surface area contributed by atoms with Crippen LogP contribution >= 0.6 is 0 Å². The molecule has 1 amide bonds. The Bertz CT molecular complexity index is 725. The van der Waals surface area contributed by atoms with Crippen LogP contribution in [0, 0.1) is 0 Å². The van der Waals surface area contributed by atoms with Gasteiger partial charge < -0.3 is 20.7 Å². The zero-order chi connectivity index (χ0) is 18.4. The summed E-state index contributed by atoms with van der Waals surface area (Å²) in [5.41, 5.74) is 8.39. The van der Waals surface area contributed by atoms with E-state index in [4.69, 9.17) is 10.5 Å². The highest BCUT2D eigenvalue weighted by Gasteiger charge is 2.25. The minimum Gasteiger partial charge on any atom is -0.410 e. The van der Waals surface area contributed by atoms with Gasteiger partial charge in [-0.05, 0) is 50.0 Å². The molecule has 1 saturated heterocycles. The molecule has 1 aliphatic rings. The van der Waals surface area contributed by atoms with Crippen LogP contribution in [0.2, 0.25) is 0 Å². The number of nitrogens with zero attached hydrogens (tertiary/aromatic N) is 1. The van der Waals surface area contributed by atoms with Crippen molar-refractivity contribution in [3.8, 4) is 16.9 Å². The van der Waals surface area contributed by atoms with Gasteiger partial charge in [-0.15, -0.1) is 0 Å². The highest BCUT2D eigenvalue weighted by molar-refractivity contribution is 5.78. The van der Waals surface area contributed by atoms with Crippen LogP contribution in [-0.2, 0) is 0 Å². The zero-order valence-electron chi connectivity index (χ0n) is 15.3. The van der Waals surface area contributed by atoms with Crippen molar-refractivity contribution in [1.29, 1.82) is 0 Å². The van der Waals surface area contributed by atoms with Gasteiger partial charge in [-0.2, -0.15) is 0 Å². The lowest BCUT2D eigenvalue weighted by atomic mass is 9.86. The molecule has 5 nitrogen and oxygen atoms in total. The van der Waals surface area contributed by atoms with Gasteiger partial charge in [0.25, 0.3) is 0 Å². The van der Waals surface area contributed by atoms with Crippen molar-refractivity contribution in [3.05, 3.63) is 54.1 Å². The van der Waals surface area contributed by atoms with Crippen molar-refractivity contribution in [2.45, 2.75) is 18.8 Å². The summed E-state index contributed by atoms with van der Waals surface area (Å²) in [5.74, 6) is 0.985. The molecule has 1 fully saturated rings. The first-order chi connectivity index (χ1) is 12.7. The van der Waals surface area contributed by atoms with Crippen LogP contribution in [-0.4, -0.2) is 44.2 Å². The fraction of sp³-hybridized carbons (Fsp3) is 0.381. The summed E-state index contributed by atoms with van der Waals surface area (Å²) in [7, 11) is 1.98. The van der Waals surface area contributed by atoms with E-state index in [1.54, 1.807) is 0 Å². The number of para-hydroxylation sites is 1. The number of likely N-dealkylation sites (tertiary alicyclic amines) is 1. The number of hydrogen-bond donors (Lipinski definition) is 2. The molecule has 3 rings (SSSR count). The normalized spacial score (nSPS) is 15.7. The smallest absolute Gasteiger partial charge is 0.409 e. The third-order valence-electron chi connectivity index (χ3n) is 5.04. The van der Waals surface area contributed by atoms with Gasteiger partial charge in [0.15, 0.2) is 0 Å². The molecule has 0 atom stereocenters. The van der Waals surface area contributed by atoms with Gasteiger partial charge in [0.2, 0.25) is 0 Å². The third-order valence-corrected chi connectivity index (χ3v) is 5.04. The number of nitrogens with one attached hydrogen (secondary N) is 1. The molecule has 0 spiro atoms. The number of carbonyl (C=O) groups is 1. The van der Waals surface area contributed by atoms with Gasteiger partial charge in [-0.25, -0.2) is 4.79 Å². The Kier molecular flexibility index (Phi) is 6.26. The second-order valence-corrected chi connectivity index (χ2v) is 6.73. The van der Waals surface area contributed by atoms with Crippen molar-refractivity contribution in [3.63, 3.8) is 0 Å². The predicted molar refractivity (Wildman–Crippen MR) is 104 cm³/mol. The number of nitrogens with two attached hydrogens (primary N) is 1. The van der Waals surface area contributed by atoms with Gasteiger partial charge in [0, 0.05) is 18.7 Å². The molecule has 0 unspecified atom stereocenters. The molecule has 138 valence electrons. The van der Waals surface area contributed by atoms with E-state index < -0.39 is 6.09 Å². The second-order valence-electron chi connectivity index (χ2n) is 6.73. The summed E-state index contributed by atoms with van der Waals surface area (Å²) in [4.78, 5) is 14.0. The molecule has 26 heavy (non-hydrogen) atoms. The lowest BCUT2D eigenvalue weighted by molar-refractivity contribution is 0.204. The second kappa shape index (κ2) is 8.83. The molecule has 3 N–H and O–H groups in total. The monoisotopic (exact) mass is 353 g/mol. The van der Waals surface area contributed by atoms with Crippen LogP contribution in [0.3, 0.4) is 0 Å². The minimum absolute atomic E-state index is 0.374. The summed E-state index contributed by atoms with van der Waals surface area (Å²) in [6.07, 6.45) is 1.34. The van der Waals surface area contributed by atoms with Crippen LogP contribution in [0.4, 0.5) is 4.79 Å². The quantitative estimate of drug-likeness (QED) is 0.837. The molecule has 2 aromatic rings. The van der Waals surface area contributed by atoms with Gasteiger partial charge in [0.1, 0.15) is 5.75 Å². The van der Waals surface area contributed by atoms with E-state index in [1.807, 2.05) is 49.5 Å². The average molecular weight is 353 g/mol. The largest absolute Gasteiger partial charge is 0.410 e. The van der Waals surface area contributed by atoms with E-state index in [9.17, 15) is 4.79 Å². The summed E-state index contributed by atoms with van der Waals surface area (Å²) < 4.78 is 5.49. The van der Waals surface area contributed by atoms with Crippen LogP contribution in [0.15, 0.2) is 48.5 Å². The maximum absolute atomic E-state index is 11.5. The van der Waals surface area contributed by atoms with Gasteiger partial charge in [0.05, 0.1) is 0 Å². The molecular weight excluding hydrogens is 326 g/mol. The number of piperidine rings is 1. The van der Waals surface area contributed by atoms with Gasteiger partial charge in [-0.1, -0.05) is 48.5 Å². The highest BCUT2D eigenvalue weighted by Crippen LogP contribution is 2.40. The standard InChI is InChI=1S/C21H27N3O2/c1-23-12-15-24-13-10-17(11-14-24)19-9-5-8-18(20(19)26-21(22)25)16-6-3-2-4-7-16/h2-9,17,23H,10-15H2,1H3,(H2,22,25). The lowest BCUT2D eigenvalue weighted by Gasteiger charge is -2.33. The molecule has 0 aromatic heterocycles. The van der Waals surface area contributed by atoms with E-state index in [-0.39, 0.29) is 0 Å². The van der Waals surface area contributed by atoms with Crippen molar-refractivity contribution in [2.75, 3.05) is 33.2 Å². The number of ether oxygens (including phenoxy) is 1. The van der Waals surface area contributed by atoms with Crippen LogP contribution in [0.1, 0.15) is 24.3 Å². The average Bonchev–Trinajstić information content (AvgIpc) is 2.67. The Morgan fingerprint density at radius 2 is 1.88 bits per heavy atom. The number of hydrogen-bond acceptors (Lipinski definition) is 4. The molecule has 1 aliphatic heterocycles. The fourth-order valence-corrected chi connectivity index (χ4v) is 3.67. The van der Waals surface area contributed by atoms with Crippen molar-refractivity contribution in [1.82, 2.24) is 10.2 Å². The first-order valence-electron chi connectivity index (χ1n) is 9.21. The predicted octanol–water partition coefficient (Wildman–Crippen LogP) is 3.21. The van der Waals surface area contributed by atoms with E-state index >= 15 is 0 Å². The maximum atomic E-state index is 11.5. The summed E-state index contributed by atoms with van der Waals surface area (Å²) in [5, 5.41) is 3.20. The maximum Gasteiger partial charge on any atom is 0.409 e. The van der Waals surface area contributed by atoms with E-state index in [0.29, 0.717) is 11.7 Å². The number of amides is 1. The fourth-order valence-electron chi connectivity index (χ4n) is 3.67. The van der Waals surface area contributed by atoms with Crippen molar-refractivity contribution in [2.24, 2.45) is 5.73 Å². The topological polar surface area (TPSA) is 67.6 Å². The SMILES string of the molecule is CNCCN1CCC(c2cccc(-c3ccccc3)c2OC(N)=O)CC1. The first-order valence-corrected chi connectivity index (χ1v) is 9.21. The molecule has 5 heteroatoms. The summed E-state index contributed by atoms with van der Waals surface area (Å²) in [6.45, 7) is 4.18. The van der Waals surface area contributed by atoms with Gasteiger partial charge in [-0.3, -0.25) is 0 Å². The van der Waals surface area contributed by atoms with Gasteiger partial charge >= 0.3 is 6.09 Å². The molecule has 0 aliphatic carbocycles. The Balaban J connectivity index is 1.86. The number of likely N-dealkylation sites (N-methyl/N-ethyl adjacent to an activating group) is 1. The molecule has 0 radical (unpaired) electrons. The first kappa shape index (κ1) is 18.4. The molecule has 0 bridgehead atoms. The Labute approximate surface area is 155 Å². The Morgan fingerprint density at radius 1 is 1.15 bits per heavy atom. The molecule has 0 saturated carbocycles. The van der Waals surface area contributed by atoms with Crippen molar-refractivity contribution >= 4 is 6.09 Å². The molecule has 1 heterocycles. The third kappa shape index (κ3) is 4.42.